The third-order valence-electron chi connectivity index (χ3n) is 3.91. The maximum atomic E-state index is 12.5. The number of carbonyl (C=O) groups is 2. The number of nitrogens with one attached hydrogen (secondary N) is 1. The highest BCUT2D eigenvalue weighted by molar-refractivity contribution is 7.92. The number of hydrogen-bond donors (Lipinski definition) is 2. The minimum absolute atomic E-state index is 0.0974. The lowest BCUT2D eigenvalue weighted by molar-refractivity contribution is -0.149. The Hall–Kier alpha value is -1.42. The van der Waals surface area contributed by atoms with Crippen LogP contribution in [-0.4, -0.2) is 48.9 Å². The van der Waals surface area contributed by atoms with Crippen molar-refractivity contribution in [2.45, 2.75) is 38.8 Å². The first-order valence-corrected chi connectivity index (χ1v) is 10.8. The largest absolute Gasteiger partial charge is 0.480 e. The molecule has 0 unspecified atom stereocenters. The van der Waals surface area contributed by atoms with E-state index in [1.807, 2.05) is 13.8 Å². The highest BCUT2D eigenvalue weighted by atomic mass is 35.5. The Morgan fingerprint density at radius 3 is 2.73 bits per heavy atom. The van der Waals surface area contributed by atoms with E-state index in [1.165, 1.54) is 22.3 Å². The molecule has 0 aromatic carbocycles. The molecule has 26 heavy (non-hydrogen) atoms. The number of amides is 1. The summed E-state index contributed by atoms with van der Waals surface area (Å²) < 4.78 is 27.2. The van der Waals surface area contributed by atoms with Gasteiger partial charge in [0.25, 0.3) is 0 Å². The number of nitrogens with zero attached hydrogens (tertiary/aromatic N) is 1. The third kappa shape index (κ3) is 5.54. The van der Waals surface area contributed by atoms with E-state index in [9.17, 15) is 23.1 Å². The smallest absolute Gasteiger partial charge is 0.326 e. The molecule has 10 heteroatoms. The quantitative estimate of drug-likeness (QED) is 0.672. The van der Waals surface area contributed by atoms with Gasteiger partial charge in [-0.25, -0.2) is 13.2 Å². The molecule has 1 aliphatic rings. The molecule has 1 aliphatic heterocycles. The van der Waals surface area contributed by atoms with Gasteiger partial charge in [-0.3, -0.25) is 4.79 Å². The van der Waals surface area contributed by atoms with Crippen molar-refractivity contribution in [3.8, 4) is 0 Å². The van der Waals surface area contributed by atoms with E-state index < -0.39 is 34.0 Å². The van der Waals surface area contributed by atoms with Crippen LogP contribution in [0.4, 0.5) is 0 Å². The van der Waals surface area contributed by atoms with Crippen molar-refractivity contribution in [1.29, 1.82) is 0 Å². The molecule has 2 rings (SSSR count). The summed E-state index contributed by atoms with van der Waals surface area (Å²) in [5.74, 6) is -1.49. The molecule has 2 heterocycles. The lowest BCUT2D eigenvalue weighted by atomic mass is 10.0. The molecule has 2 atom stereocenters. The molecule has 7 nitrogen and oxygen atoms in total. The molecule has 0 aliphatic carbocycles. The second kappa shape index (κ2) is 8.51. The summed E-state index contributed by atoms with van der Waals surface area (Å²) >= 11 is 7.03. The highest BCUT2D eigenvalue weighted by Gasteiger charge is 2.40. The molecule has 1 fully saturated rings. The van der Waals surface area contributed by atoms with Crippen molar-refractivity contribution in [2.75, 3.05) is 6.54 Å². The Bertz CT molecular complexity index is 803. The zero-order valence-electron chi connectivity index (χ0n) is 14.4. The van der Waals surface area contributed by atoms with Crippen LogP contribution in [0.2, 0.25) is 4.34 Å². The summed E-state index contributed by atoms with van der Waals surface area (Å²) in [6.07, 6.45) is 1.95. The van der Waals surface area contributed by atoms with Crippen LogP contribution in [0.1, 0.15) is 31.6 Å². The number of rotatable bonds is 8. The number of hydrogen-bond acceptors (Lipinski definition) is 5. The van der Waals surface area contributed by atoms with Gasteiger partial charge in [0.15, 0.2) is 0 Å². The van der Waals surface area contributed by atoms with Crippen molar-refractivity contribution in [3.63, 3.8) is 0 Å². The van der Waals surface area contributed by atoms with Crippen LogP contribution in [0.3, 0.4) is 0 Å². The highest BCUT2D eigenvalue weighted by Crippen LogP contribution is 2.23. The number of carbonyl (C=O) groups excluding carboxylic acids is 1. The molecule has 2 N–H and O–H groups in total. The van der Waals surface area contributed by atoms with Crippen molar-refractivity contribution in [1.82, 2.24) is 9.62 Å². The molecular weight excluding hydrogens is 400 g/mol. The number of carboxylic acids is 1. The van der Waals surface area contributed by atoms with Gasteiger partial charge in [0.1, 0.15) is 12.1 Å². The maximum Gasteiger partial charge on any atom is 0.326 e. The van der Waals surface area contributed by atoms with E-state index in [2.05, 4.69) is 4.72 Å². The van der Waals surface area contributed by atoms with Crippen LogP contribution >= 0.6 is 22.9 Å². The van der Waals surface area contributed by atoms with Gasteiger partial charge < -0.3 is 10.0 Å². The monoisotopic (exact) mass is 420 g/mol. The molecule has 1 saturated heterocycles. The van der Waals surface area contributed by atoms with E-state index in [-0.39, 0.29) is 18.9 Å². The van der Waals surface area contributed by atoms with E-state index in [4.69, 9.17) is 11.6 Å². The van der Waals surface area contributed by atoms with Crippen LogP contribution in [0.25, 0.3) is 6.08 Å². The Morgan fingerprint density at radius 2 is 2.19 bits per heavy atom. The fourth-order valence-electron chi connectivity index (χ4n) is 2.74. The Labute approximate surface area is 161 Å². The third-order valence-corrected chi connectivity index (χ3v) is 6.21. The summed E-state index contributed by atoms with van der Waals surface area (Å²) in [6, 6.07) is 1.45. The Morgan fingerprint density at radius 1 is 1.50 bits per heavy atom. The first-order chi connectivity index (χ1) is 12.1. The first kappa shape index (κ1) is 20.9. The van der Waals surface area contributed by atoms with E-state index >= 15 is 0 Å². The topological polar surface area (TPSA) is 104 Å². The maximum absolute atomic E-state index is 12.5. The zero-order valence-corrected chi connectivity index (χ0v) is 16.8. The standard InChI is InChI=1S/C16H21ClN2O5S2/c1-10(2)9-13(16(21)22)19-7-5-12(15(19)20)18-26(23,24)8-6-11-3-4-14(17)25-11/h3-4,6,8,10,12-13,18H,5,7,9H2,1-2H3,(H,21,22)/t12-,13-/m0/s1. The number of aliphatic carboxylic acids is 1. The van der Waals surface area contributed by atoms with E-state index in [0.29, 0.717) is 15.6 Å². The van der Waals surface area contributed by atoms with Gasteiger partial charge in [-0.15, -0.1) is 11.3 Å². The van der Waals surface area contributed by atoms with Crippen LogP contribution < -0.4 is 4.72 Å². The number of thiophene rings is 1. The van der Waals surface area contributed by atoms with Gasteiger partial charge in [-0.2, -0.15) is 4.72 Å². The number of sulfonamides is 1. The zero-order chi connectivity index (χ0) is 19.5. The number of carboxylic acid groups (broad SMARTS) is 1. The number of halogens is 1. The van der Waals surface area contributed by atoms with Crippen LogP contribution in [-0.2, 0) is 19.6 Å². The fourth-order valence-corrected chi connectivity index (χ4v) is 4.81. The van der Waals surface area contributed by atoms with Crippen LogP contribution in [0.15, 0.2) is 17.5 Å². The average Bonchev–Trinajstić information content (AvgIpc) is 3.09. The van der Waals surface area contributed by atoms with Crippen molar-refractivity contribution in [3.05, 3.63) is 26.8 Å². The van der Waals surface area contributed by atoms with Gasteiger partial charge in [0.05, 0.1) is 4.34 Å². The molecule has 0 saturated carbocycles. The van der Waals surface area contributed by atoms with Crippen molar-refractivity contribution >= 4 is 50.9 Å². The summed E-state index contributed by atoms with van der Waals surface area (Å²) in [5, 5.41) is 10.4. The molecule has 0 radical (unpaired) electrons. The van der Waals surface area contributed by atoms with Crippen LogP contribution in [0.5, 0.6) is 0 Å². The molecule has 144 valence electrons. The lowest BCUT2D eigenvalue weighted by Crippen LogP contribution is -2.47. The van der Waals surface area contributed by atoms with Crippen molar-refractivity contribution in [2.24, 2.45) is 5.92 Å². The lowest BCUT2D eigenvalue weighted by Gasteiger charge is -2.26. The molecule has 1 aromatic heterocycles. The van der Waals surface area contributed by atoms with Gasteiger partial charge >= 0.3 is 5.97 Å². The summed E-state index contributed by atoms with van der Waals surface area (Å²) in [5.41, 5.74) is 0. The first-order valence-electron chi connectivity index (χ1n) is 8.08. The summed E-state index contributed by atoms with van der Waals surface area (Å²) in [7, 11) is -3.84. The molecule has 0 bridgehead atoms. The van der Waals surface area contributed by atoms with E-state index in [1.54, 1.807) is 12.1 Å². The molecule has 1 aromatic rings. The minimum Gasteiger partial charge on any atom is -0.480 e. The minimum atomic E-state index is -3.84. The van der Waals surface area contributed by atoms with Gasteiger partial charge in [0.2, 0.25) is 15.9 Å². The van der Waals surface area contributed by atoms with Crippen molar-refractivity contribution < 1.29 is 23.1 Å². The second-order valence-electron chi connectivity index (χ2n) is 6.46. The molecular formula is C16H21ClN2O5S2. The second-order valence-corrected chi connectivity index (χ2v) is 9.81. The average molecular weight is 421 g/mol. The molecule has 0 spiro atoms. The summed E-state index contributed by atoms with van der Waals surface area (Å²) in [6.45, 7) is 3.95. The fraction of sp³-hybridized carbons (Fsp3) is 0.500. The predicted molar refractivity (Wildman–Crippen MR) is 101 cm³/mol. The Kier molecular flexibility index (Phi) is 6.84. The molecule has 1 amide bonds. The van der Waals surface area contributed by atoms with E-state index in [0.717, 1.165) is 5.41 Å². The van der Waals surface area contributed by atoms with Gasteiger partial charge in [-0.05, 0) is 37.0 Å². The Balaban J connectivity index is 2.05. The van der Waals surface area contributed by atoms with Gasteiger partial charge in [0, 0.05) is 16.8 Å². The van der Waals surface area contributed by atoms with Crippen LogP contribution in [0, 0.1) is 5.92 Å². The van der Waals surface area contributed by atoms with Gasteiger partial charge in [-0.1, -0.05) is 25.4 Å². The normalized spacial score (nSPS) is 19.6. The SMILES string of the molecule is CC(C)C[C@@H](C(=O)O)N1CC[C@H](NS(=O)(=O)C=Cc2ccc(Cl)s2)C1=O. The predicted octanol–water partition coefficient (Wildman–Crippen LogP) is 2.39. The summed E-state index contributed by atoms with van der Waals surface area (Å²) in [4.78, 5) is 25.9. The number of likely N-dealkylation sites (tertiary alicyclic amines) is 1.